The van der Waals surface area contributed by atoms with Gasteiger partial charge in [-0.25, -0.2) is 9.97 Å². The van der Waals surface area contributed by atoms with Crippen molar-refractivity contribution >= 4 is 34.8 Å². The lowest BCUT2D eigenvalue weighted by Crippen LogP contribution is -2.13. The van der Waals surface area contributed by atoms with Gasteiger partial charge in [0.05, 0.1) is 29.6 Å². The Morgan fingerprint density at radius 2 is 1.87 bits per heavy atom. The van der Waals surface area contributed by atoms with Gasteiger partial charge >= 0.3 is 0 Å². The van der Waals surface area contributed by atoms with Gasteiger partial charge in [-0.3, -0.25) is 4.79 Å². The Bertz CT molecular complexity index is 1210. The number of ether oxygens (including phenoxy) is 1. The van der Waals surface area contributed by atoms with Crippen molar-refractivity contribution < 1.29 is 9.53 Å². The molecule has 2 aromatic heterocycles. The summed E-state index contributed by atoms with van der Waals surface area (Å²) in [6, 6.07) is 18.1. The molecule has 0 saturated carbocycles. The normalized spacial score (nSPS) is 10.6. The second-order valence-corrected chi connectivity index (χ2v) is 7.12. The molecule has 2 aromatic carbocycles. The van der Waals surface area contributed by atoms with Gasteiger partial charge in [0, 0.05) is 17.3 Å². The monoisotopic (exact) mass is 438 g/mol. The number of carbonyl (C=O) groups is 1. The predicted molar refractivity (Wildman–Crippen MR) is 118 cm³/mol. The number of H-pyrrole nitrogens is 1. The van der Waals surface area contributed by atoms with Crippen LogP contribution in [0, 0.1) is 0 Å². The summed E-state index contributed by atoms with van der Waals surface area (Å²) in [5.41, 5.74) is 3.32. The quantitative estimate of drug-likeness (QED) is 0.391. The highest BCUT2D eigenvalue weighted by Gasteiger charge is 2.15. The molecule has 0 unspecified atom stereocenters. The lowest BCUT2D eigenvalue weighted by atomic mass is 10.1. The molecule has 0 aliphatic rings. The number of carbonyl (C=O) groups excluding carboxylic acids is 1. The molecule has 4 aromatic rings. The summed E-state index contributed by atoms with van der Waals surface area (Å²) in [5, 5.41) is 3.37. The van der Waals surface area contributed by atoms with Crippen LogP contribution in [0.5, 0.6) is 5.88 Å². The van der Waals surface area contributed by atoms with Crippen LogP contribution < -0.4 is 10.1 Å². The fourth-order valence-electron chi connectivity index (χ4n) is 2.91. The number of rotatable bonds is 5. The highest BCUT2D eigenvalue weighted by molar-refractivity contribution is 6.34. The summed E-state index contributed by atoms with van der Waals surface area (Å²) in [6.07, 6.45) is 1.75. The van der Waals surface area contributed by atoms with E-state index in [1.165, 1.54) is 7.11 Å². The molecule has 4 rings (SSSR count). The highest BCUT2D eigenvalue weighted by Crippen LogP contribution is 2.31. The second-order valence-electron chi connectivity index (χ2n) is 6.35. The lowest BCUT2D eigenvalue weighted by Gasteiger charge is -2.09. The third-order valence-electron chi connectivity index (χ3n) is 4.42. The predicted octanol–water partition coefficient (Wildman–Crippen LogP) is 5.71. The van der Waals surface area contributed by atoms with Gasteiger partial charge in [0.15, 0.2) is 0 Å². The van der Waals surface area contributed by atoms with E-state index in [9.17, 15) is 4.79 Å². The van der Waals surface area contributed by atoms with Crippen LogP contribution in [0.2, 0.25) is 10.2 Å². The van der Waals surface area contributed by atoms with E-state index in [4.69, 9.17) is 27.9 Å². The number of anilines is 1. The van der Waals surface area contributed by atoms with Gasteiger partial charge < -0.3 is 15.0 Å². The van der Waals surface area contributed by atoms with Gasteiger partial charge in [-0.15, -0.1) is 0 Å². The van der Waals surface area contributed by atoms with Gasteiger partial charge in [0.2, 0.25) is 5.88 Å². The number of imidazole rings is 1. The minimum atomic E-state index is -0.396. The summed E-state index contributed by atoms with van der Waals surface area (Å²) < 4.78 is 5.01. The number of hydrogen-bond donors (Lipinski definition) is 2. The van der Waals surface area contributed by atoms with Crippen molar-refractivity contribution in [3.63, 3.8) is 0 Å². The van der Waals surface area contributed by atoms with Gasteiger partial charge in [-0.2, -0.15) is 0 Å². The zero-order valence-electron chi connectivity index (χ0n) is 15.8. The van der Waals surface area contributed by atoms with Crippen LogP contribution in [0.1, 0.15) is 10.4 Å². The zero-order chi connectivity index (χ0) is 21.1. The smallest absolute Gasteiger partial charge is 0.258 e. The maximum Gasteiger partial charge on any atom is 0.258 e. The standard InChI is InChI=1S/C22H16Cl2N4O2/c1-30-19-10-8-15(20(24)28-19)22(29)26-14-7-9-17(23)16(11-14)21-25-12-18(27-21)13-5-3-2-4-6-13/h2-12H,1H3,(H,25,27)(H,26,29). The molecule has 0 saturated heterocycles. The van der Waals surface area contributed by atoms with Crippen molar-refractivity contribution in [1.82, 2.24) is 15.0 Å². The number of halogens is 2. The first-order chi connectivity index (χ1) is 14.5. The first kappa shape index (κ1) is 19.9. The number of methoxy groups -OCH3 is 1. The molecule has 0 spiro atoms. The number of hydrogen-bond acceptors (Lipinski definition) is 4. The first-order valence-corrected chi connectivity index (χ1v) is 9.73. The minimum absolute atomic E-state index is 0.0552. The van der Waals surface area contributed by atoms with Gasteiger partial charge in [0.25, 0.3) is 5.91 Å². The van der Waals surface area contributed by atoms with E-state index in [-0.39, 0.29) is 10.7 Å². The number of aromatic nitrogens is 3. The summed E-state index contributed by atoms with van der Waals surface area (Å²) in [5.74, 6) is 0.532. The maximum absolute atomic E-state index is 12.6. The van der Waals surface area contributed by atoms with E-state index in [0.717, 1.165) is 11.3 Å². The van der Waals surface area contributed by atoms with Crippen molar-refractivity contribution in [2.75, 3.05) is 12.4 Å². The molecule has 2 N–H and O–H groups in total. The summed E-state index contributed by atoms with van der Waals surface area (Å²) >= 11 is 12.5. The van der Waals surface area contributed by atoms with Crippen molar-refractivity contribution in [2.24, 2.45) is 0 Å². The third kappa shape index (κ3) is 4.15. The molecule has 8 heteroatoms. The number of amides is 1. The number of nitrogens with zero attached hydrogens (tertiary/aromatic N) is 2. The zero-order valence-corrected chi connectivity index (χ0v) is 17.3. The Hall–Kier alpha value is -3.35. The summed E-state index contributed by atoms with van der Waals surface area (Å²) in [4.78, 5) is 24.3. The van der Waals surface area contributed by atoms with Gasteiger partial charge in [0.1, 0.15) is 11.0 Å². The van der Waals surface area contributed by atoms with E-state index in [1.54, 1.807) is 36.5 Å². The molecular formula is C22H16Cl2N4O2. The molecule has 0 radical (unpaired) electrons. The van der Waals surface area contributed by atoms with Crippen LogP contribution in [0.15, 0.2) is 66.9 Å². The van der Waals surface area contributed by atoms with Crippen LogP contribution in [0.25, 0.3) is 22.6 Å². The first-order valence-electron chi connectivity index (χ1n) is 8.97. The third-order valence-corrected chi connectivity index (χ3v) is 5.03. The lowest BCUT2D eigenvalue weighted by molar-refractivity contribution is 0.102. The average Bonchev–Trinajstić information content (AvgIpc) is 3.25. The molecule has 6 nitrogen and oxygen atoms in total. The number of nitrogens with one attached hydrogen (secondary N) is 2. The minimum Gasteiger partial charge on any atom is -0.481 e. The largest absolute Gasteiger partial charge is 0.481 e. The van der Waals surface area contributed by atoms with Gasteiger partial charge in [-0.1, -0.05) is 53.5 Å². The molecule has 0 bridgehead atoms. The van der Waals surface area contributed by atoms with Crippen LogP contribution in [0.3, 0.4) is 0 Å². The Balaban J connectivity index is 1.60. The summed E-state index contributed by atoms with van der Waals surface area (Å²) in [7, 11) is 1.48. The van der Waals surface area contributed by atoms with Crippen LogP contribution in [0.4, 0.5) is 5.69 Å². The second kappa shape index (κ2) is 8.57. The SMILES string of the molecule is COc1ccc(C(=O)Nc2ccc(Cl)c(-c3ncc(-c4ccccc4)[nH]3)c2)c(Cl)n1. The number of benzene rings is 2. The fraction of sp³-hybridized carbons (Fsp3) is 0.0455. The Morgan fingerprint density at radius 3 is 2.60 bits per heavy atom. The molecule has 150 valence electrons. The molecule has 30 heavy (non-hydrogen) atoms. The van der Waals surface area contributed by atoms with Crippen LogP contribution in [-0.2, 0) is 0 Å². The Morgan fingerprint density at radius 1 is 1.07 bits per heavy atom. The molecule has 2 heterocycles. The number of pyridine rings is 1. The highest BCUT2D eigenvalue weighted by atomic mass is 35.5. The average molecular weight is 439 g/mol. The Labute approximate surface area is 182 Å². The molecule has 0 atom stereocenters. The van der Waals surface area contributed by atoms with E-state index in [0.29, 0.717) is 28.0 Å². The van der Waals surface area contributed by atoms with E-state index in [2.05, 4.69) is 20.3 Å². The summed E-state index contributed by atoms with van der Waals surface area (Å²) in [6.45, 7) is 0. The van der Waals surface area contributed by atoms with Crippen LogP contribution >= 0.6 is 23.2 Å². The van der Waals surface area contributed by atoms with E-state index >= 15 is 0 Å². The molecule has 0 aliphatic heterocycles. The van der Waals surface area contributed by atoms with E-state index < -0.39 is 5.91 Å². The number of aromatic amines is 1. The van der Waals surface area contributed by atoms with Crippen molar-refractivity contribution in [1.29, 1.82) is 0 Å². The van der Waals surface area contributed by atoms with E-state index in [1.807, 2.05) is 30.3 Å². The molecule has 0 aliphatic carbocycles. The van der Waals surface area contributed by atoms with Crippen molar-refractivity contribution in [3.05, 3.63) is 82.6 Å². The maximum atomic E-state index is 12.6. The molecular weight excluding hydrogens is 423 g/mol. The van der Waals surface area contributed by atoms with Crippen LogP contribution in [-0.4, -0.2) is 28.0 Å². The topological polar surface area (TPSA) is 79.9 Å². The molecule has 1 amide bonds. The molecule has 0 fully saturated rings. The van der Waals surface area contributed by atoms with Crippen molar-refractivity contribution in [3.8, 4) is 28.5 Å². The Kier molecular flexibility index (Phi) is 5.70. The van der Waals surface area contributed by atoms with Crippen molar-refractivity contribution in [2.45, 2.75) is 0 Å². The fourth-order valence-corrected chi connectivity index (χ4v) is 3.35. The van der Waals surface area contributed by atoms with Gasteiger partial charge in [-0.05, 0) is 29.8 Å².